The van der Waals surface area contributed by atoms with Crippen LogP contribution in [0.3, 0.4) is 0 Å². The maximum Gasteiger partial charge on any atom is 0.112 e. The summed E-state index contributed by atoms with van der Waals surface area (Å²) < 4.78 is 0. The van der Waals surface area contributed by atoms with Gasteiger partial charge in [0, 0.05) is 11.1 Å². The summed E-state index contributed by atoms with van der Waals surface area (Å²) in [4.78, 5) is 5.60. The molecule has 0 aliphatic rings. The second-order valence-electron chi connectivity index (χ2n) is 3.73. The molecular weight excluding hydrogens is 266 g/mol. The topological polar surface area (TPSA) is 48.7 Å². The molecule has 0 aliphatic heterocycles. The summed E-state index contributed by atoms with van der Waals surface area (Å²) in [5, 5.41) is 13.6. The van der Waals surface area contributed by atoms with Crippen molar-refractivity contribution in [1.82, 2.24) is 4.98 Å². The van der Waals surface area contributed by atoms with Crippen molar-refractivity contribution in [2.24, 2.45) is 0 Å². The Balaban J connectivity index is 2.04. The van der Waals surface area contributed by atoms with Crippen LogP contribution in [0.15, 0.2) is 24.4 Å². The Kier molecular flexibility index (Phi) is 4.19. The fourth-order valence-electron chi connectivity index (χ4n) is 1.49. The van der Waals surface area contributed by atoms with Gasteiger partial charge in [-0.15, -0.1) is 11.3 Å². The molecule has 18 heavy (non-hydrogen) atoms. The summed E-state index contributed by atoms with van der Waals surface area (Å²) in [7, 11) is 0. The summed E-state index contributed by atoms with van der Waals surface area (Å²) in [5.74, 6) is 0. The van der Waals surface area contributed by atoms with Crippen LogP contribution in [0.2, 0.25) is 5.02 Å². The predicted octanol–water partition coefficient (Wildman–Crippen LogP) is 3.84. The van der Waals surface area contributed by atoms with Gasteiger partial charge in [-0.1, -0.05) is 18.5 Å². The monoisotopic (exact) mass is 277 g/mol. The molecule has 0 radical (unpaired) electrons. The standard InChI is InChI=1S/C13H12ClN3S/c1-2-10-7-17-13(18-10)8-16-12-4-3-9(6-15)5-11(12)14/h3-5,7,16H,2,8H2,1H3. The molecule has 5 heteroatoms. The molecule has 0 saturated carbocycles. The Hall–Kier alpha value is -1.57. The van der Waals surface area contributed by atoms with Crippen molar-refractivity contribution in [3.05, 3.63) is 44.9 Å². The van der Waals surface area contributed by atoms with E-state index in [-0.39, 0.29) is 0 Å². The summed E-state index contributed by atoms with van der Waals surface area (Å²) in [6.07, 6.45) is 2.91. The predicted molar refractivity (Wildman–Crippen MR) is 75.0 cm³/mol. The summed E-state index contributed by atoms with van der Waals surface area (Å²) in [6, 6.07) is 7.27. The normalized spacial score (nSPS) is 10.1. The van der Waals surface area contributed by atoms with E-state index < -0.39 is 0 Å². The van der Waals surface area contributed by atoms with Crippen LogP contribution in [-0.4, -0.2) is 4.98 Å². The molecule has 1 aromatic carbocycles. The van der Waals surface area contributed by atoms with E-state index in [0.29, 0.717) is 17.1 Å². The first-order chi connectivity index (χ1) is 8.72. The molecule has 0 spiro atoms. The highest BCUT2D eigenvalue weighted by molar-refractivity contribution is 7.11. The fourth-order valence-corrected chi connectivity index (χ4v) is 2.54. The highest BCUT2D eigenvalue weighted by Gasteiger charge is 2.04. The van der Waals surface area contributed by atoms with Crippen LogP contribution in [0.4, 0.5) is 5.69 Å². The van der Waals surface area contributed by atoms with Gasteiger partial charge in [0.2, 0.25) is 0 Å². The third-order valence-corrected chi connectivity index (χ3v) is 3.93. The maximum absolute atomic E-state index is 8.75. The number of anilines is 1. The first kappa shape index (κ1) is 12.9. The van der Waals surface area contributed by atoms with E-state index in [1.807, 2.05) is 12.3 Å². The van der Waals surface area contributed by atoms with Gasteiger partial charge in [0.25, 0.3) is 0 Å². The molecule has 0 saturated heterocycles. The average molecular weight is 278 g/mol. The number of hydrogen-bond acceptors (Lipinski definition) is 4. The van der Waals surface area contributed by atoms with Gasteiger partial charge >= 0.3 is 0 Å². The third-order valence-electron chi connectivity index (χ3n) is 2.48. The number of aryl methyl sites for hydroxylation is 1. The van der Waals surface area contributed by atoms with Gasteiger partial charge in [0.1, 0.15) is 5.01 Å². The van der Waals surface area contributed by atoms with Gasteiger partial charge in [-0.05, 0) is 24.6 Å². The van der Waals surface area contributed by atoms with Crippen LogP contribution in [0.5, 0.6) is 0 Å². The van der Waals surface area contributed by atoms with Crippen molar-refractivity contribution in [2.75, 3.05) is 5.32 Å². The van der Waals surface area contributed by atoms with Crippen molar-refractivity contribution in [2.45, 2.75) is 19.9 Å². The number of rotatable bonds is 4. The molecule has 1 aromatic heterocycles. The van der Waals surface area contributed by atoms with Gasteiger partial charge in [0.05, 0.1) is 28.9 Å². The van der Waals surface area contributed by atoms with E-state index in [2.05, 4.69) is 23.3 Å². The lowest BCUT2D eigenvalue weighted by atomic mass is 10.2. The Morgan fingerprint density at radius 3 is 2.94 bits per heavy atom. The Labute approximate surface area is 115 Å². The smallest absolute Gasteiger partial charge is 0.112 e. The van der Waals surface area contributed by atoms with E-state index in [1.165, 1.54) is 4.88 Å². The second-order valence-corrected chi connectivity index (χ2v) is 5.34. The van der Waals surface area contributed by atoms with Crippen molar-refractivity contribution >= 4 is 28.6 Å². The minimum atomic E-state index is 0.557. The molecular formula is C13H12ClN3S. The molecule has 2 aromatic rings. The highest BCUT2D eigenvalue weighted by Crippen LogP contribution is 2.24. The van der Waals surface area contributed by atoms with E-state index in [1.54, 1.807) is 23.5 Å². The Morgan fingerprint density at radius 1 is 1.50 bits per heavy atom. The molecule has 0 amide bonds. The van der Waals surface area contributed by atoms with E-state index in [9.17, 15) is 0 Å². The van der Waals surface area contributed by atoms with Gasteiger partial charge in [-0.3, -0.25) is 0 Å². The van der Waals surface area contributed by atoms with E-state index >= 15 is 0 Å². The van der Waals surface area contributed by atoms with Gasteiger partial charge in [0.15, 0.2) is 0 Å². The van der Waals surface area contributed by atoms with Crippen molar-refractivity contribution in [1.29, 1.82) is 5.26 Å². The van der Waals surface area contributed by atoms with Crippen LogP contribution in [-0.2, 0) is 13.0 Å². The molecule has 0 fully saturated rings. The molecule has 0 aliphatic carbocycles. The zero-order valence-corrected chi connectivity index (χ0v) is 11.5. The summed E-state index contributed by atoms with van der Waals surface area (Å²) in [6.45, 7) is 2.76. The quantitative estimate of drug-likeness (QED) is 0.924. The van der Waals surface area contributed by atoms with Gasteiger partial charge in [-0.2, -0.15) is 5.26 Å². The number of nitriles is 1. The molecule has 0 atom stereocenters. The largest absolute Gasteiger partial charge is 0.377 e. The lowest BCUT2D eigenvalue weighted by molar-refractivity contribution is 1.09. The zero-order valence-electron chi connectivity index (χ0n) is 9.90. The molecule has 1 N–H and O–H groups in total. The van der Waals surface area contributed by atoms with Crippen LogP contribution in [0.25, 0.3) is 0 Å². The summed E-state index contributed by atoms with van der Waals surface area (Å²) in [5.41, 5.74) is 1.39. The zero-order chi connectivity index (χ0) is 13.0. The lowest BCUT2D eigenvalue weighted by Crippen LogP contribution is -1.99. The van der Waals surface area contributed by atoms with Crippen LogP contribution < -0.4 is 5.32 Å². The van der Waals surface area contributed by atoms with Crippen molar-refractivity contribution < 1.29 is 0 Å². The van der Waals surface area contributed by atoms with Gasteiger partial charge < -0.3 is 5.32 Å². The maximum atomic E-state index is 8.75. The minimum Gasteiger partial charge on any atom is -0.377 e. The first-order valence-corrected chi connectivity index (χ1v) is 6.79. The van der Waals surface area contributed by atoms with E-state index in [0.717, 1.165) is 17.1 Å². The van der Waals surface area contributed by atoms with Crippen LogP contribution in [0.1, 0.15) is 22.4 Å². The number of halogens is 1. The van der Waals surface area contributed by atoms with Crippen LogP contribution >= 0.6 is 22.9 Å². The minimum absolute atomic E-state index is 0.557. The SMILES string of the molecule is CCc1cnc(CNc2ccc(C#N)cc2Cl)s1. The molecule has 92 valence electrons. The van der Waals surface area contributed by atoms with Gasteiger partial charge in [-0.25, -0.2) is 4.98 Å². The molecule has 3 nitrogen and oxygen atoms in total. The number of thiazole rings is 1. The highest BCUT2D eigenvalue weighted by atomic mass is 35.5. The number of nitrogens with one attached hydrogen (secondary N) is 1. The van der Waals surface area contributed by atoms with Crippen molar-refractivity contribution in [3.8, 4) is 6.07 Å². The first-order valence-electron chi connectivity index (χ1n) is 5.60. The fraction of sp³-hybridized carbons (Fsp3) is 0.231. The van der Waals surface area contributed by atoms with Crippen LogP contribution in [0, 0.1) is 11.3 Å². The molecule has 1 heterocycles. The molecule has 0 bridgehead atoms. The third kappa shape index (κ3) is 3.00. The van der Waals surface area contributed by atoms with E-state index in [4.69, 9.17) is 16.9 Å². The Bertz CT molecular complexity index is 586. The molecule has 2 rings (SSSR count). The summed E-state index contributed by atoms with van der Waals surface area (Å²) >= 11 is 7.77. The number of hydrogen-bond donors (Lipinski definition) is 1. The number of benzene rings is 1. The average Bonchev–Trinajstić information content (AvgIpc) is 2.85. The second kappa shape index (κ2) is 5.85. The molecule has 0 unspecified atom stereocenters. The lowest BCUT2D eigenvalue weighted by Gasteiger charge is -2.06. The number of aromatic nitrogens is 1. The number of nitrogens with zero attached hydrogens (tertiary/aromatic N) is 2. The van der Waals surface area contributed by atoms with Crippen molar-refractivity contribution in [3.63, 3.8) is 0 Å². The Morgan fingerprint density at radius 2 is 2.33 bits per heavy atom.